The summed E-state index contributed by atoms with van der Waals surface area (Å²) in [6.45, 7) is -0.290. The molecule has 0 unspecified atom stereocenters. The highest BCUT2D eigenvalue weighted by Crippen LogP contribution is 2.36. The van der Waals surface area contributed by atoms with Gasteiger partial charge >= 0.3 is 0 Å². The fourth-order valence-electron chi connectivity index (χ4n) is 2.01. The Morgan fingerprint density at radius 3 is 2.44 bits per heavy atom. The summed E-state index contributed by atoms with van der Waals surface area (Å²) in [5.41, 5.74) is 7.16. The van der Waals surface area contributed by atoms with Crippen LogP contribution in [0.5, 0.6) is 0 Å². The van der Waals surface area contributed by atoms with Crippen LogP contribution in [0.1, 0.15) is 11.1 Å². The highest BCUT2D eigenvalue weighted by Gasteiger charge is 2.23. The van der Waals surface area contributed by atoms with Gasteiger partial charge in [-0.3, -0.25) is 10.1 Å². The molecule has 1 aromatic rings. The fourth-order valence-corrected chi connectivity index (χ4v) is 2.01. The molecular formula is C11H17N3O4. The molecular weight excluding hydrogens is 238 g/mol. The normalized spacial score (nSPS) is 10.4. The van der Waals surface area contributed by atoms with E-state index in [1.807, 2.05) is 0 Å². The van der Waals surface area contributed by atoms with E-state index in [0.717, 1.165) is 0 Å². The van der Waals surface area contributed by atoms with E-state index in [4.69, 9.17) is 15.9 Å². The van der Waals surface area contributed by atoms with Gasteiger partial charge in [0.05, 0.1) is 10.5 Å². The summed E-state index contributed by atoms with van der Waals surface area (Å²) in [5, 5.41) is 31.9. The van der Waals surface area contributed by atoms with Crippen molar-refractivity contribution in [3.8, 4) is 0 Å². The first-order valence-electron chi connectivity index (χ1n) is 5.54. The molecule has 1 rings (SSSR count). The van der Waals surface area contributed by atoms with E-state index in [2.05, 4.69) is 5.32 Å². The molecule has 0 saturated carbocycles. The Morgan fingerprint density at radius 2 is 2.00 bits per heavy atom. The van der Waals surface area contributed by atoms with Crippen LogP contribution in [0.15, 0.2) is 6.07 Å². The van der Waals surface area contributed by atoms with Gasteiger partial charge in [0.2, 0.25) is 0 Å². The van der Waals surface area contributed by atoms with Gasteiger partial charge in [0.15, 0.2) is 0 Å². The third-order valence-corrected chi connectivity index (χ3v) is 2.69. The molecule has 0 aliphatic rings. The first-order valence-corrected chi connectivity index (χ1v) is 5.54. The zero-order valence-corrected chi connectivity index (χ0v) is 10.1. The predicted octanol–water partition coefficient (Wildman–Crippen LogP) is 0.288. The lowest BCUT2D eigenvalue weighted by atomic mass is 9.99. The first-order chi connectivity index (χ1) is 8.56. The van der Waals surface area contributed by atoms with Gasteiger partial charge in [0.1, 0.15) is 5.69 Å². The average Bonchev–Trinajstić information content (AvgIpc) is 2.29. The Balaban J connectivity index is 3.49. The van der Waals surface area contributed by atoms with Crippen molar-refractivity contribution in [1.29, 1.82) is 0 Å². The summed E-state index contributed by atoms with van der Waals surface area (Å²) in [7, 11) is 1.64. The fraction of sp³-hybridized carbons (Fsp3) is 0.455. The zero-order chi connectivity index (χ0) is 13.7. The minimum Gasteiger partial charge on any atom is -0.396 e. The van der Waals surface area contributed by atoms with Crippen LogP contribution >= 0.6 is 0 Å². The van der Waals surface area contributed by atoms with E-state index in [-0.39, 0.29) is 31.0 Å². The molecule has 0 atom stereocenters. The molecule has 7 nitrogen and oxygen atoms in total. The first kappa shape index (κ1) is 14.2. The molecule has 0 aliphatic heterocycles. The molecule has 0 radical (unpaired) electrons. The summed E-state index contributed by atoms with van der Waals surface area (Å²) in [4.78, 5) is 10.5. The lowest BCUT2D eigenvalue weighted by Gasteiger charge is -2.15. The molecule has 5 N–H and O–H groups in total. The minimum atomic E-state index is -0.552. The van der Waals surface area contributed by atoms with E-state index in [1.54, 1.807) is 7.05 Å². The molecule has 0 spiro atoms. The number of benzene rings is 1. The summed E-state index contributed by atoms with van der Waals surface area (Å²) >= 11 is 0. The summed E-state index contributed by atoms with van der Waals surface area (Å²) < 4.78 is 0. The van der Waals surface area contributed by atoms with Crippen molar-refractivity contribution in [2.24, 2.45) is 0 Å². The number of nitro groups is 1. The lowest BCUT2D eigenvalue weighted by Crippen LogP contribution is -2.10. The molecule has 0 fully saturated rings. The molecule has 18 heavy (non-hydrogen) atoms. The molecule has 0 amide bonds. The second kappa shape index (κ2) is 6.18. The number of aliphatic hydroxyl groups excluding tert-OH is 2. The van der Waals surface area contributed by atoms with E-state index in [9.17, 15) is 10.1 Å². The number of nitrogens with zero attached hydrogens (tertiary/aromatic N) is 1. The van der Waals surface area contributed by atoms with Gasteiger partial charge < -0.3 is 21.3 Å². The monoisotopic (exact) mass is 255 g/mol. The molecule has 0 aliphatic carbocycles. The highest BCUT2D eigenvalue weighted by atomic mass is 16.6. The number of hydrogen-bond donors (Lipinski definition) is 4. The largest absolute Gasteiger partial charge is 0.396 e. The number of aliphatic hydroxyl groups is 2. The second-order valence-electron chi connectivity index (χ2n) is 3.78. The Morgan fingerprint density at radius 1 is 1.39 bits per heavy atom. The van der Waals surface area contributed by atoms with Gasteiger partial charge in [-0.2, -0.15) is 0 Å². The number of nitrogens with one attached hydrogen (secondary N) is 1. The molecule has 0 saturated heterocycles. The number of nitrogens with two attached hydrogens (primary N) is 1. The molecule has 0 bridgehead atoms. The predicted molar refractivity (Wildman–Crippen MR) is 68.6 cm³/mol. The lowest BCUT2D eigenvalue weighted by molar-refractivity contribution is -0.384. The molecule has 1 aromatic carbocycles. The van der Waals surface area contributed by atoms with E-state index >= 15 is 0 Å². The van der Waals surface area contributed by atoms with E-state index in [0.29, 0.717) is 23.2 Å². The smallest absolute Gasteiger partial charge is 0.297 e. The minimum absolute atomic E-state index is 0.0471. The van der Waals surface area contributed by atoms with Gasteiger partial charge in [-0.05, 0) is 18.1 Å². The van der Waals surface area contributed by atoms with Gasteiger partial charge in [0.25, 0.3) is 5.69 Å². The van der Waals surface area contributed by atoms with Crippen molar-refractivity contribution < 1.29 is 15.1 Å². The molecule has 100 valence electrons. The maximum Gasteiger partial charge on any atom is 0.297 e. The van der Waals surface area contributed by atoms with Crippen LogP contribution in [0.2, 0.25) is 0 Å². The van der Waals surface area contributed by atoms with E-state index < -0.39 is 4.92 Å². The Hall–Kier alpha value is -1.86. The van der Waals surface area contributed by atoms with E-state index in [1.165, 1.54) is 6.07 Å². The van der Waals surface area contributed by atoms with Crippen LogP contribution in [0.3, 0.4) is 0 Å². The van der Waals surface area contributed by atoms with Crippen molar-refractivity contribution in [1.82, 2.24) is 0 Å². The number of anilines is 2. The van der Waals surface area contributed by atoms with Crippen molar-refractivity contribution in [2.45, 2.75) is 12.8 Å². The number of rotatable bonds is 6. The Kier molecular flexibility index (Phi) is 4.87. The third kappa shape index (κ3) is 2.69. The average molecular weight is 255 g/mol. The zero-order valence-electron chi connectivity index (χ0n) is 10.1. The van der Waals surface area contributed by atoms with Crippen molar-refractivity contribution in [3.63, 3.8) is 0 Å². The standard InChI is InChI=1S/C11H17N3O4/c1-13-10-7(2-4-15)6-9(12)11(14(17)18)8(10)3-5-16/h6,13,15-16H,2-5,12H2,1H3. The van der Waals surface area contributed by atoms with Gasteiger partial charge in [0, 0.05) is 32.4 Å². The van der Waals surface area contributed by atoms with Crippen LogP contribution in [-0.4, -0.2) is 35.4 Å². The van der Waals surface area contributed by atoms with Crippen LogP contribution in [0.25, 0.3) is 0 Å². The summed E-state index contributed by atoms with van der Waals surface area (Å²) in [5.74, 6) is 0. The van der Waals surface area contributed by atoms with Crippen LogP contribution in [0, 0.1) is 10.1 Å². The van der Waals surface area contributed by atoms with Gasteiger partial charge in [-0.1, -0.05) is 0 Å². The number of nitrogen functional groups attached to an aromatic ring is 1. The van der Waals surface area contributed by atoms with Crippen LogP contribution in [-0.2, 0) is 12.8 Å². The maximum atomic E-state index is 11.0. The highest BCUT2D eigenvalue weighted by molar-refractivity contribution is 5.75. The van der Waals surface area contributed by atoms with Crippen molar-refractivity contribution in [2.75, 3.05) is 31.3 Å². The molecule has 0 heterocycles. The van der Waals surface area contributed by atoms with Crippen LogP contribution < -0.4 is 11.1 Å². The molecule has 7 heteroatoms. The summed E-state index contributed by atoms with van der Waals surface area (Å²) in [6.07, 6.45) is 0.479. The quantitative estimate of drug-likeness (QED) is 0.329. The summed E-state index contributed by atoms with van der Waals surface area (Å²) in [6, 6.07) is 1.49. The van der Waals surface area contributed by atoms with Crippen LogP contribution in [0.4, 0.5) is 17.1 Å². The molecule has 0 aromatic heterocycles. The van der Waals surface area contributed by atoms with Crippen molar-refractivity contribution in [3.05, 3.63) is 27.3 Å². The SMILES string of the molecule is CNc1c(CCO)cc(N)c([N+](=O)[O-])c1CCO. The maximum absolute atomic E-state index is 11.0. The van der Waals surface area contributed by atoms with Gasteiger partial charge in [-0.25, -0.2) is 0 Å². The number of hydrogen-bond acceptors (Lipinski definition) is 6. The topological polar surface area (TPSA) is 122 Å². The van der Waals surface area contributed by atoms with Crippen molar-refractivity contribution >= 4 is 17.1 Å². The third-order valence-electron chi connectivity index (χ3n) is 2.69. The Bertz CT molecular complexity index is 448. The second-order valence-corrected chi connectivity index (χ2v) is 3.78. The van der Waals surface area contributed by atoms with Gasteiger partial charge in [-0.15, -0.1) is 0 Å². The number of nitro benzene ring substituents is 1. The Labute approximate surface area is 104 Å².